The van der Waals surface area contributed by atoms with Crippen LogP contribution in [0, 0.1) is 0 Å². The van der Waals surface area contributed by atoms with E-state index in [4.69, 9.17) is 9.47 Å². The molecule has 0 unspecified atom stereocenters. The topological polar surface area (TPSA) is 100 Å². The Kier molecular flexibility index (Phi) is 11.1. The predicted molar refractivity (Wildman–Crippen MR) is 209 cm³/mol. The zero-order chi connectivity index (χ0) is 36.7. The molecular formula is C45H45N5O4. The lowest BCUT2D eigenvalue weighted by Gasteiger charge is -2.41. The van der Waals surface area contributed by atoms with Gasteiger partial charge in [0.05, 0.1) is 36.0 Å². The van der Waals surface area contributed by atoms with Gasteiger partial charge >= 0.3 is 0 Å². The molecule has 0 bridgehead atoms. The third-order valence-corrected chi connectivity index (χ3v) is 10.3. The van der Waals surface area contributed by atoms with Gasteiger partial charge in [-0.15, -0.1) is 0 Å². The summed E-state index contributed by atoms with van der Waals surface area (Å²) >= 11 is 0. The van der Waals surface area contributed by atoms with Gasteiger partial charge in [-0.05, 0) is 57.6 Å². The number of ether oxygens (including phenoxy) is 2. The smallest absolute Gasteiger partial charge is 0.271 e. The second-order valence-corrected chi connectivity index (χ2v) is 14.2. The van der Waals surface area contributed by atoms with Crippen molar-refractivity contribution < 1.29 is 19.4 Å². The Bertz CT molecular complexity index is 2170. The first-order chi connectivity index (χ1) is 26.6. The van der Waals surface area contributed by atoms with Crippen LogP contribution >= 0.6 is 0 Å². The normalized spacial score (nSPS) is 19.5. The summed E-state index contributed by atoms with van der Waals surface area (Å²) in [5.74, 6) is -0.267. The molecular weight excluding hydrogens is 675 g/mol. The number of nitrogens with zero attached hydrogens (tertiary/aromatic N) is 4. The van der Waals surface area contributed by atoms with Crippen LogP contribution in [-0.2, 0) is 29.2 Å². The van der Waals surface area contributed by atoms with Gasteiger partial charge in [-0.25, -0.2) is 4.98 Å². The molecule has 3 atom stereocenters. The van der Waals surface area contributed by atoms with Crippen molar-refractivity contribution in [1.82, 2.24) is 25.1 Å². The van der Waals surface area contributed by atoms with Crippen LogP contribution in [0.3, 0.4) is 0 Å². The summed E-state index contributed by atoms with van der Waals surface area (Å²) in [5.41, 5.74) is 9.04. The maximum Gasteiger partial charge on any atom is 0.271 e. The molecule has 1 amide bonds. The average molecular weight is 720 g/mol. The van der Waals surface area contributed by atoms with Gasteiger partial charge < -0.3 is 19.9 Å². The number of aliphatic hydroxyl groups is 1. The van der Waals surface area contributed by atoms with Crippen molar-refractivity contribution in [1.29, 1.82) is 0 Å². The highest BCUT2D eigenvalue weighted by atomic mass is 16.7. The summed E-state index contributed by atoms with van der Waals surface area (Å²) in [7, 11) is 0. The summed E-state index contributed by atoms with van der Waals surface area (Å²) in [6, 6.07) is 42.8. The molecule has 5 aromatic carbocycles. The van der Waals surface area contributed by atoms with E-state index in [1.807, 2.05) is 54.6 Å². The third-order valence-electron chi connectivity index (χ3n) is 10.3. The van der Waals surface area contributed by atoms with Crippen LogP contribution in [0.2, 0.25) is 0 Å². The van der Waals surface area contributed by atoms with Crippen LogP contribution in [0.25, 0.3) is 22.2 Å². The molecule has 274 valence electrons. The largest absolute Gasteiger partial charge is 0.392 e. The van der Waals surface area contributed by atoms with E-state index >= 15 is 0 Å². The van der Waals surface area contributed by atoms with E-state index in [2.05, 4.69) is 97.9 Å². The van der Waals surface area contributed by atoms with Gasteiger partial charge in [0, 0.05) is 57.8 Å². The molecule has 3 heterocycles. The number of aliphatic hydroxyl groups excluding tert-OH is 1. The summed E-state index contributed by atoms with van der Waals surface area (Å²) in [5, 5.41) is 12.6. The summed E-state index contributed by atoms with van der Waals surface area (Å²) in [6.45, 7) is 6.22. The lowest BCUT2D eigenvalue weighted by atomic mass is 9.98. The second kappa shape index (κ2) is 16.8. The van der Waals surface area contributed by atoms with Crippen LogP contribution in [0.15, 0.2) is 134 Å². The van der Waals surface area contributed by atoms with Gasteiger partial charge in [0.15, 0.2) is 6.29 Å². The van der Waals surface area contributed by atoms with E-state index in [0.29, 0.717) is 12.1 Å². The van der Waals surface area contributed by atoms with Crippen molar-refractivity contribution in [3.05, 3.63) is 167 Å². The number of benzene rings is 5. The Balaban J connectivity index is 0.952. The zero-order valence-electron chi connectivity index (χ0n) is 30.3. The van der Waals surface area contributed by atoms with E-state index in [9.17, 15) is 9.90 Å². The first-order valence-electron chi connectivity index (χ1n) is 18.7. The lowest BCUT2D eigenvalue weighted by molar-refractivity contribution is -0.253. The molecule has 9 heteroatoms. The van der Waals surface area contributed by atoms with Crippen LogP contribution in [0.4, 0.5) is 0 Å². The first kappa shape index (κ1) is 35.7. The number of rotatable bonds is 11. The Morgan fingerprint density at radius 2 is 1.41 bits per heavy atom. The predicted octanol–water partition coefficient (Wildman–Crippen LogP) is 7.08. The van der Waals surface area contributed by atoms with Gasteiger partial charge in [-0.3, -0.25) is 19.6 Å². The van der Waals surface area contributed by atoms with Crippen molar-refractivity contribution in [2.75, 3.05) is 32.7 Å². The summed E-state index contributed by atoms with van der Waals surface area (Å²) in [6.07, 6.45) is 1.55. The van der Waals surface area contributed by atoms with Crippen LogP contribution < -0.4 is 5.32 Å². The molecule has 0 spiro atoms. The Hall–Kier alpha value is -5.29. The Morgan fingerprint density at radius 3 is 2.20 bits per heavy atom. The van der Waals surface area contributed by atoms with Crippen molar-refractivity contribution in [3.63, 3.8) is 0 Å². The molecule has 1 aromatic heterocycles. The molecule has 2 aliphatic heterocycles. The number of fused-ring (bicyclic) bond motifs is 1. The highest BCUT2D eigenvalue weighted by Crippen LogP contribution is 2.39. The molecule has 0 radical (unpaired) electrons. The van der Waals surface area contributed by atoms with Gasteiger partial charge in [0.2, 0.25) is 0 Å². The number of amides is 1. The molecule has 54 heavy (non-hydrogen) atoms. The number of hydrogen-bond acceptors (Lipinski definition) is 8. The Labute approximate surface area is 316 Å². The fraction of sp³-hybridized carbons (Fsp3) is 0.267. The third kappa shape index (κ3) is 8.73. The van der Waals surface area contributed by atoms with Crippen molar-refractivity contribution >= 4 is 16.9 Å². The molecule has 9 nitrogen and oxygen atoms in total. The lowest BCUT2D eigenvalue weighted by Crippen LogP contribution is -2.49. The molecule has 6 aromatic rings. The molecule has 2 N–H and O–H groups in total. The quantitative estimate of drug-likeness (QED) is 0.147. The number of aromatic nitrogens is 2. The first-order valence-corrected chi connectivity index (χ1v) is 18.7. The zero-order valence-corrected chi connectivity index (χ0v) is 30.3. The van der Waals surface area contributed by atoms with Crippen LogP contribution in [-0.4, -0.2) is 69.6 Å². The van der Waals surface area contributed by atoms with Crippen LogP contribution in [0.1, 0.15) is 57.1 Å². The molecule has 2 saturated heterocycles. The minimum absolute atomic E-state index is 0.00984. The molecule has 0 saturated carbocycles. The van der Waals surface area contributed by atoms with E-state index in [-0.39, 0.29) is 30.4 Å². The fourth-order valence-corrected chi connectivity index (χ4v) is 7.36. The summed E-state index contributed by atoms with van der Waals surface area (Å²) in [4.78, 5) is 26.9. The number of para-hydroxylation sites is 2. The molecule has 2 aliphatic rings. The SMILES string of the molecule is O=C(NCc1cccc(-c2cccc([C@H]3O[C@@H](CN4CCN(Cc5ccccc5)CC4)C[C@@H](c4ccc(CO)cc4)O3)c2)c1)c1cnc2ccccc2n1. The minimum Gasteiger partial charge on any atom is -0.392 e. The number of hydrogen-bond donors (Lipinski definition) is 2. The van der Waals surface area contributed by atoms with Gasteiger partial charge in [0.25, 0.3) is 5.91 Å². The number of nitrogens with one attached hydrogen (secondary N) is 1. The van der Waals surface area contributed by atoms with E-state index < -0.39 is 6.29 Å². The van der Waals surface area contributed by atoms with Crippen molar-refractivity contribution in [2.45, 2.75) is 44.6 Å². The van der Waals surface area contributed by atoms with Gasteiger partial charge in [-0.1, -0.05) is 103 Å². The van der Waals surface area contributed by atoms with Gasteiger partial charge in [0.1, 0.15) is 5.69 Å². The van der Waals surface area contributed by atoms with Crippen molar-refractivity contribution in [2.24, 2.45) is 0 Å². The number of piperazine rings is 1. The minimum atomic E-state index is -0.545. The van der Waals surface area contributed by atoms with E-state index in [0.717, 1.165) is 84.6 Å². The van der Waals surface area contributed by atoms with E-state index in [1.54, 1.807) is 0 Å². The maximum absolute atomic E-state index is 13.0. The standard InChI is InChI=1S/C45H45N5O4/c51-31-33-16-18-35(19-17-33)43-26-39(30-50-22-20-49(21-23-50)29-32-8-2-1-3-9-32)53-45(54-43)38-13-7-12-37(25-38)36-11-6-10-34(24-36)27-47-44(52)42-28-46-40-14-4-5-15-41(40)48-42/h1-19,24-25,28,39,43,45,51H,20-23,26-27,29-31H2,(H,47,52)/t39-,43+,45+/m1/s1. The Morgan fingerprint density at radius 1 is 0.704 bits per heavy atom. The molecule has 0 aliphatic carbocycles. The highest BCUT2D eigenvalue weighted by molar-refractivity contribution is 5.93. The second-order valence-electron chi connectivity index (χ2n) is 14.2. The van der Waals surface area contributed by atoms with Crippen molar-refractivity contribution in [3.8, 4) is 11.1 Å². The number of carbonyl (C=O) groups excluding carboxylic acids is 1. The van der Waals surface area contributed by atoms with Crippen LogP contribution in [0.5, 0.6) is 0 Å². The van der Waals surface area contributed by atoms with E-state index in [1.165, 1.54) is 11.8 Å². The molecule has 8 rings (SSSR count). The van der Waals surface area contributed by atoms with Gasteiger partial charge in [-0.2, -0.15) is 0 Å². The average Bonchev–Trinajstić information content (AvgIpc) is 3.24. The monoisotopic (exact) mass is 719 g/mol. The maximum atomic E-state index is 13.0. The summed E-state index contributed by atoms with van der Waals surface area (Å²) < 4.78 is 13.5. The highest BCUT2D eigenvalue weighted by Gasteiger charge is 2.34. The number of carbonyl (C=O) groups is 1. The molecule has 2 fully saturated rings. The fourth-order valence-electron chi connectivity index (χ4n) is 7.36.